The summed E-state index contributed by atoms with van der Waals surface area (Å²) >= 11 is 0. The number of imide groups is 1. The van der Waals surface area contributed by atoms with Crippen LogP contribution < -0.4 is 0 Å². The normalized spacial score (nSPS) is 16.1. The van der Waals surface area contributed by atoms with Gasteiger partial charge in [-0.05, 0) is 47.9 Å². The summed E-state index contributed by atoms with van der Waals surface area (Å²) in [4.78, 5) is 48.4. The molecule has 7 heteroatoms. The van der Waals surface area contributed by atoms with Gasteiger partial charge in [-0.2, -0.15) is 0 Å². The Morgan fingerprint density at radius 3 is 2.24 bits per heavy atom. The molecule has 172 valence electrons. The Labute approximate surface area is 198 Å². The minimum atomic E-state index is -0.326. The maximum Gasteiger partial charge on any atom is 0.261 e. The Balaban J connectivity index is 1.22. The molecule has 1 aromatic heterocycles. The molecule has 0 N–H and O–H groups in total. The van der Waals surface area contributed by atoms with Crippen LogP contribution in [0.5, 0.6) is 0 Å². The van der Waals surface area contributed by atoms with Gasteiger partial charge in [-0.25, -0.2) is 0 Å². The summed E-state index contributed by atoms with van der Waals surface area (Å²) in [6.07, 6.45) is 4.18. The van der Waals surface area contributed by atoms with Crippen LogP contribution in [0.2, 0.25) is 0 Å². The zero-order chi connectivity index (χ0) is 23.5. The number of rotatable bonds is 6. The monoisotopic (exact) mass is 454 g/mol. The average molecular weight is 455 g/mol. The van der Waals surface area contributed by atoms with Crippen molar-refractivity contribution in [3.8, 4) is 0 Å². The Bertz CT molecular complexity index is 1210. The second-order valence-corrected chi connectivity index (χ2v) is 8.68. The smallest absolute Gasteiger partial charge is 0.261 e. The van der Waals surface area contributed by atoms with Crippen molar-refractivity contribution >= 4 is 17.7 Å². The van der Waals surface area contributed by atoms with Gasteiger partial charge in [0.05, 0.1) is 11.1 Å². The number of piperazine rings is 1. The molecule has 0 bridgehead atoms. The quantitative estimate of drug-likeness (QED) is 0.536. The van der Waals surface area contributed by atoms with Gasteiger partial charge in [0, 0.05) is 57.2 Å². The standard InChI is InChI=1S/C27H26N4O3/c32-25(30-16-14-29(15-17-30)19-21-8-11-28-12-9-21)22-6-7-23-24(18-22)27(34)31(26(23)33)13-10-20-4-2-1-3-5-20/h1-9,11-12,18H,10,13-17,19H2. The number of aromatic nitrogens is 1. The molecule has 34 heavy (non-hydrogen) atoms. The minimum Gasteiger partial charge on any atom is -0.336 e. The molecule has 1 fully saturated rings. The molecule has 0 aliphatic carbocycles. The Morgan fingerprint density at radius 1 is 0.794 bits per heavy atom. The average Bonchev–Trinajstić information content (AvgIpc) is 3.12. The fraction of sp³-hybridized carbons (Fsp3) is 0.259. The SMILES string of the molecule is O=C(c1ccc2c(c1)C(=O)N(CCc1ccccc1)C2=O)N1CCN(Cc2ccncc2)CC1. The molecule has 3 aromatic rings. The van der Waals surface area contributed by atoms with Crippen molar-refractivity contribution in [2.45, 2.75) is 13.0 Å². The van der Waals surface area contributed by atoms with Gasteiger partial charge < -0.3 is 4.90 Å². The van der Waals surface area contributed by atoms with Crippen molar-refractivity contribution in [3.05, 3.63) is 101 Å². The van der Waals surface area contributed by atoms with Crippen LogP contribution in [-0.2, 0) is 13.0 Å². The second-order valence-electron chi connectivity index (χ2n) is 8.68. The Kier molecular flexibility index (Phi) is 6.18. The Hall–Kier alpha value is -3.84. The largest absolute Gasteiger partial charge is 0.336 e. The van der Waals surface area contributed by atoms with Gasteiger partial charge in [0.2, 0.25) is 0 Å². The molecule has 2 aromatic carbocycles. The summed E-state index contributed by atoms with van der Waals surface area (Å²) in [5.41, 5.74) is 3.41. The number of benzene rings is 2. The predicted molar refractivity (Wildman–Crippen MR) is 127 cm³/mol. The highest BCUT2D eigenvalue weighted by Gasteiger charge is 2.36. The van der Waals surface area contributed by atoms with Crippen molar-refractivity contribution in [1.82, 2.24) is 19.7 Å². The van der Waals surface area contributed by atoms with E-state index in [1.165, 1.54) is 10.5 Å². The zero-order valence-corrected chi connectivity index (χ0v) is 18.9. The van der Waals surface area contributed by atoms with Gasteiger partial charge in [0.25, 0.3) is 17.7 Å². The maximum absolute atomic E-state index is 13.1. The van der Waals surface area contributed by atoms with E-state index in [1.807, 2.05) is 47.4 Å². The Morgan fingerprint density at radius 2 is 1.50 bits per heavy atom. The molecule has 2 aliphatic heterocycles. The van der Waals surface area contributed by atoms with Crippen LogP contribution in [0, 0.1) is 0 Å². The number of pyridine rings is 1. The lowest BCUT2D eigenvalue weighted by Crippen LogP contribution is -2.48. The lowest BCUT2D eigenvalue weighted by Gasteiger charge is -2.34. The van der Waals surface area contributed by atoms with Gasteiger partial charge >= 0.3 is 0 Å². The highest BCUT2D eigenvalue weighted by atomic mass is 16.2. The molecule has 2 aliphatic rings. The van der Waals surface area contributed by atoms with Gasteiger partial charge in [-0.15, -0.1) is 0 Å². The second kappa shape index (κ2) is 9.57. The molecule has 1 saturated heterocycles. The van der Waals surface area contributed by atoms with E-state index in [0.717, 1.165) is 25.2 Å². The summed E-state index contributed by atoms with van der Waals surface area (Å²) in [5, 5.41) is 0. The van der Waals surface area contributed by atoms with E-state index in [1.54, 1.807) is 30.6 Å². The molecular formula is C27H26N4O3. The van der Waals surface area contributed by atoms with E-state index in [9.17, 15) is 14.4 Å². The molecule has 5 rings (SSSR count). The highest BCUT2D eigenvalue weighted by molar-refractivity contribution is 6.22. The first-order chi connectivity index (χ1) is 16.6. The number of amides is 3. The van der Waals surface area contributed by atoms with E-state index >= 15 is 0 Å². The zero-order valence-electron chi connectivity index (χ0n) is 18.9. The number of fused-ring (bicyclic) bond motifs is 1. The number of hydrogen-bond acceptors (Lipinski definition) is 5. The van der Waals surface area contributed by atoms with E-state index in [4.69, 9.17) is 0 Å². The first kappa shape index (κ1) is 22.0. The van der Waals surface area contributed by atoms with Crippen molar-refractivity contribution < 1.29 is 14.4 Å². The first-order valence-corrected chi connectivity index (χ1v) is 11.5. The minimum absolute atomic E-state index is 0.102. The van der Waals surface area contributed by atoms with Gasteiger partial charge in [-0.1, -0.05) is 30.3 Å². The molecule has 0 atom stereocenters. The van der Waals surface area contributed by atoms with E-state index in [0.29, 0.717) is 42.7 Å². The summed E-state index contributed by atoms with van der Waals surface area (Å²) < 4.78 is 0. The number of carbonyl (C=O) groups is 3. The van der Waals surface area contributed by atoms with Crippen molar-refractivity contribution in [1.29, 1.82) is 0 Å². The van der Waals surface area contributed by atoms with Gasteiger partial charge in [0.1, 0.15) is 0 Å². The number of nitrogens with zero attached hydrogens (tertiary/aromatic N) is 4. The van der Waals surface area contributed by atoms with Crippen LogP contribution in [0.4, 0.5) is 0 Å². The highest BCUT2D eigenvalue weighted by Crippen LogP contribution is 2.25. The number of hydrogen-bond donors (Lipinski definition) is 0. The third kappa shape index (κ3) is 4.47. The van der Waals surface area contributed by atoms with Crippen LogP contribution in [0.1, 0.15) is 42.2 Å². The predicted octanol–water partition coefficient (Wildman–Crippen LogP) is 2.88. The molecule has 0 radical (unpaired) electrons. The maximum atomic E-state index is 13.1. The lowest BCUT2D eigenvalue weighted by atomic mass is 10.0. The topological polar surface area (TPSA) is 73.8 Å². The molecule has 3 amide bonds. The molecule has 0 unspecified atom stereocenters. The fourth-order valence-corrected chi connectivity index (χ4v) is 4.55. The van der Waals surface area contributed by atoms with Crippen molar-refractivity contribution in [3.63, 3.8) is 0 Å². The number of carbonyl (C=O) groups excluding carboxylic acids is 3. The third-order valence-electron chi connectivity index (χ3n) is 6.50. The van der Waals surface area contributed by atoms with Gasteiger partial charge in [0.15, 0.2) is 0 Å². The van der Waals surface area contributed by atoms with Crippen LogP contribution in [0.3, 0.4) is 0 Å². The lowest BCUT2D eigenvalue weighted by molar-refractivity contribution is 0.0627. The third-order valence-corrected chi connectivity index (χ3v) is 6.50. The van der Waals surface area contributed by atoms with E-state index < -0.39 is 0 Å². The fourth-order valence-electron chi connectivity index (χ4n) is 4.55. The molecule has 0 saturated carbocycles. The van der Waals surface area contributed by atoms with E-state index in [2.05, 4.69) is 9.88 Å². The van der Waals surface area contributed by atoms with Crippen LogP contribution in [0.25, 0.3) is 0 Å². The summed E-state index contributed by atoms with van der Waals surface area (Å²) in [5.74, 6) is -0.721. The van der Waals surface area contributed by atoms with E-state index in [-0.39, 0.29) is 17.7 Å². The molecule has 3 heterocycles. The van der Waals surface area contributed by atoms with Crippen molar-refractivity contribution in [2.75, 3.05) is 32.7 Å². The van der Waals surface area contributed by atoms with Crippen LogP contribution in [-0.4, -0.2) is 70.1 Å². The molecular weight excluding hydrogens is 428 g/mol. The molecule has 0 spiro atoms. The summed E-state index contributed by atoms with van der Waals surface area (Å²) in [6.45, 7) is 3.96. The van der Waals surface area contributed by atoms with Crippen LogP contribution in [0.15, 0.2) is 73.1 Å². The summed E-state index contributed by atoms with van der Waals surface area (Å²) in [7, 11) is 0. The van der Waals surface area contributed by atoms with Crippen LogP contribution >= 0.6 is 0 Å². The molecule has 7 nitrogen and oxygen atoms in total. The van der Waals surface area contributed by atoms with Crippen molar-refractivity contribution in [2.24, 2.45) is 0 Å². The first-order valence-electron chi connectivity index (χ1n) is 11.5. The van der Waals surface area contributed by atoms with Gasteiger partial charge in [-0.3, -0.25) is 29.2 Å². The summed E-state index contributed by atoms with van der Waals surface area (Å²) in [6, 6.07) is 18.6.